The van der Waals surface area contributed by atoms with Crippen molar-refractivity contribution in [2.45, 2.75) is 36.1 Å². The number of sulfone groups is 1. The van der Waals surface area contributed by atoms with Crippen LogP contribution in [0.2, 0.25) is 0 Å². The van der Waals surface area contributed by atoms with Crippen LogP contribution in [0.25, 0.3) is 5.65 Å². The summed E-state index contributed by atoms with van der Waals surface area (Å²) in [6.45, 7) is 0.985. The van der Waals surface area contributed by atoms with Gasteiger partial charge in [-0.3, -0.25) is 0 Å². The molecule has 1 aliphatic rings. The van der Waals surface area contributed by atoms with E-state index >= 15 is 0 Å². The largest absolute Gasteiger partial charge is 0.495 e. The number of aromatic nitrogens is 2. The van der Waals surface area contributed by atoms with Crippen molar-refractivity contribution in [2.75, 3.05) is 50.7 Å². The van der Waals surface area contributed by atoms with Crippen molar-refractivity contribution in [1.82, 2.24) is 14.3 Å². The zero-order chi connectivity index (χ0) is 28.4. The molecule has 8 nitrogen and oxygen atoms in total. The van der Waals surface area contributed by atoms with Crippen molar-refractivity contribution in [3.8, 4) is 17.6 Å². The van der Waals surface area contributed by atoms with Crippen LogP contribution < -0.4 is 15.4 Å². The molecule has 4 rings (SSSR count). The number of benzene rings is 1. The highest BCUT2D eigenvalue weighted by atomic mass is 32.2. The molecule has 2 atom stereocenters. The average molecular weight is 568 g/mol. The van der Waals surface area contributed by atoms with Crippen molar-refractivity contribution in [3.05, 3.63) is 47.9 Å². The topological polar surface area (TPSA) is 88.0 Å². The highest BCUT2D eigenvalue weighted by Gasteiger charge is 2.32. The average Bonchev–Trinajstić information content (AvgIpc) is 3.19. The molecule has 1 aromatic carbocycles. The van der Waals surface area contributed by atoms with Crippen LogP contribution in [-0.4, -0.2) is 81.1 Å². The number of pyridine rings is 1. The number of likely N-dealkylation sites (tertiary alicyclic amines) is 1. The highest BCUT2D eigenvalue weighted by molar-refractivity contribution is 7.90. The second-order valence-electron chi connectivity index (χ2n) is 9.42. The number of halogens is 4. The Kier molecular flexibility index (Phi) is 8.27. The summed E-state index contributed by atoms with van der Waals surface area (Å²) in [7, 11) is -0.206. The summed E-state index contributed by atoms with van der Waals surface area (Å²) in [5.41, 5.74) is 0.972. The van der Waals surface area contributed by atoms with E-state index in [9.17, 15) is 26.0 Å². The van der Waals surface area contributed by atoms with Gasteiger partial charge in [0.1, 0.15) is 17.6 Å². The third-order valence-electron chi connectivity index (χ3n) is 6.38. The minimum atomic E-state index is -4.50. The van der Waals surface area contributed by atoms with E-state index < -0.39 is 34.6 Å². The molecular formula is C26H29F4N5O3S. The van der Waals surface area contributed by atoms with Gasteiger partial charge in [-0.1, -0.05) is 5.92 Å². The van der Waals surface area contributed by atoms with Gasteiger partial charge in [0.25, 0.3) is 0 Å². The van der Waals surface area contributed by atoms with Crippen molar-refractivity contribution in [3.63, 3.8) is 0 Å². The third-order valence-corrected chi connectivity index (χ3v) is 7.49. The molecule has 3 aromatic rings. The summed E-state index contributed by atoms with van der Waals surface area (Å²) >= 11 is 0. The molecular weight excluding hydrogens is 538 g/mol. The maximum Gasteiger partial charge on any atom is 0.394 e. The molecule has 0 saturated carbocycles. The fraction of sp³-hybridized carbons (Fsp3) is 0.423. The molecule has 0 amide bonds. The summed E-state index contributed by atoms with van der Waals surface area (Å²) in [6, 6.07) is 7.07. The molecule has 0 aliphatic carbocycles. The van der Waals surface area contributed by atoms with Gasteiger partial charge in [-0.15, -0.1) is 0 Å². The Bertz CT molecular complexity index is 1510. The van der Waals surface area contributed by atoms with Gasteiger partial charge in [-0.25, -0.2) is 17.8 Å². The van der Waals surface area contributed by atoms with Gasteiger partial charge in [0.15, 0.2) is 15.5 Å². The number of nitrogens with zero attached hydrogens (tertiary/aromatic N) is 3. The molecule has 1 fully saturated rings. The van der Waals surface area contributed by atoms with E-state index in [1.807, 2.05) is 11.9 Å². The number of ether oxygens (including phenoxy) is 1. The van der Waals surface area contributed by atoms with Gasteiger partial charge in [-0.05, 0) is 43.7 Å². The van der Waals surface area contributed by atoms with Crippen LogP contribution in [0.5, 0.6) is 5.75 Å². The Morgan fingerprint density at radius 1 is 1.23 bits per heavy atom. The Morgan fingerprint density at radius 2 is 2.00 bits per heavy atom. The lowest BCUT2D eigenvalue weighted by atomic mass is 10.0. The summed E-state index contributed by atoms with van der Waals surface area (Å²) in [4.78, 5) is 6.37. The number of hydrogen-bond donors (Lipinski definition) is 2. The Labute approximate surface area is 224 Å². The second kappa shape index (κ2) is 11.3. The van der Waals surface area contributed by atoms with Gasteiger partial charge >= 0.3 is 6.18 Å². The number of rotatable bonds is 7. The Balaban J connectivity index is 1.61. The maximum atomic E-state index is 14.6. The summed E-state index contributed by atoms with van der Waals surface area (Å²) < 4.78 is 85.2. The van der Waals surface area contributed by atoms with Gasteiger partial charge in [0.05, 0.1) is 48.1 Å². The van der Waals surface area contributed by atoms with Crippen LogP contribution in [0, 0.1) is 11.8 Å². The van der Waals surface area contributed by atoms with E-state index in [1.165, 1.54) is 35.9 Å². The number of imidazole rings is 1. The predicted octanol–water partition coefficient (Wildman–Crippen LogP) is 3.77. The van der Waals surface area contributed by atoms with Crippen LogP contribution in [0.3, 0.4) is 0 Å². The van der Waals surface area contributed by atoms with E-state index in [-0.39, 0.29) is 40.8 Å². The molecule has 210 valence electrons. The zero-order valence-electron chi connectivity index (χ0n) is 21.6. The van der Waals surface area contributed by atoms with Crippen molar-refractivity contribution in [2.24, 2.45) is 0 Å². The fourth-order valence-electron chi connectivity index (χ4n) is 4.42. The lowest BCUT2D eigenvalue weighted by Gasteiger charge is -2.33. The minimum Gasteiger partial charge on any atom is -0.495 e. The van der Waals surface area contributed by atoms with Gasteiger partial charge in [-0.2, -0.15) is 13.2 Å². The first-order valence-corrected chi connectivity index (χ1v) is 14.0. The quantitative estimate of drug-likeness (QED) is 0.332. The first kappa shape index (κ1) is 28.5. The van der Waals surface area contributed by atoms with E-state index in [0.717, 1.165) is 6.26 Å². The normalized spacial score (nSPS) is 18.4. The molecule has 1 saturated heterocycles. The molecule has 2 aromatic heterocycles. The smallest absolute Gasteiger partial charge is 0.394 e. The molecule has 0 spiro atoms. The van der Waals surface area contributed by atoms with E-state index in [2.05, 4.69) is 27.5 Å². The number of anilines is 2. The monoisotopic (exact) mass is 567 g/mol. The van der Waals surface area contributed by atoms with Crippen molar-refractivity contribution < 1.29 is 30.7 Å². The summed E-state index contributed by atoms with van der Waals surface area (Å²) in [5.74, 6) is 5.79. The minimum absolute atomic E-state index is 0.0259. The van der Waals surface area contributed by atoms with Crippen LogP contribution in [0.15, 0.2) is 41.4 Å². The molecule has 2 N–H and O–H groups in total. The lowest BCUT2D eigenvalue weighted by Crippen LogP contribution is -2.46. The molecule has 0 bridgehead atoms. The first-order chi connectivity index (χ1) is 18.4. The van der Waals surface area contributed by atoms with Crippen molar-refractivity contribution in [1.29, 1.82) is 0 Å². The fourth-order valence-corrected chi connectivity index (χ4v) is 5.06. The van der Waals surface area contributed by atoms with Crippen LogP contribution in [0.1, 0.15) is 17.8 Å². The molecule has 1 aliphatic heterocycles. The molecule has 0 radical (unpaired) electrons. The predicted molar refractivity (Wildman–Crippen MR) is 141 cm³/mol. The first-order valence-electron chi connectivity index (χ1n) is 12.1. The number of nitrogens with one attached hydrogen (secondary N) is 2. The van der Waals surface area contributed by atoms with Crippen molar-refractivity contribution >= 4 is 26.9 Å². The number of fused-ring (bicyclic) bond motifs is 1. The van der Waals surface area contributed by atoms with E-state index in [1.54, 1.807) is 12.1 Å². The maximum absolute atomic E-state index is 14.6. The second-order valence-corrected chi connectivity index (χ2v) is 11.4. The standard InChI is InChI=1S/C26H29F4N5O3S/c1-34-13-10-19(18(27)16-34)32-22-7-5-12-35-23(15-26(28,29)30)20(33-25(22)35)6-4-11-31-21-9-8-17(39(3,36)37)14-24(21)38-2/h5,7-9,12,14,18-19,31-32H,10-11,13,15-16H2,1-3H3/t18-,19+/m0/s1. The zero-order valence-corrected chi connectivity index (χ0v) is 22.5. The molecule has 3 heterocycles. The summed E-state index contributed by atoms with van der Waals surface area (Å²) in [5, 5.41) is 6.11. The Morgan fingerprint density at radius 3 is 2.67 bits per heavy atom. The molecule has 39 heavy (non-hydrogen) atoms. The van der Waals surface area contributed by atoms with Crippen LogP contribution in [0.4, 0.5) is 28.9 Å². The van der Waals surface area contributed by atoms with E-state index in [0.29, 0.717) is 24.3 Å². The number of methoxy groups -OCH3 is 1. The number of hydrogen-bond acceptors (Lipinski definition) is 7. The molecule has 0 unspecified atom stereocenters. The lowest BCUT2D eigenvalue weighted by molar-refractivity contribution is -0.128. The van der Waals surface area contributed by atoms with Crippen LogP contribution >= 0.6 is 0 Å². The Hall–Kier alpha value is -3.50. The SMILES string of the molecule is COc1cc(S(C)(=O)=O)ccc1NCC#Cc1nc2c(N[C@@H]3CCN(C)C[C@@H]3F)cccn2c1CC(F)(F)F. The van der Waals surface area contributed by atoms with Gasteiger partial charge in [0.2, 0.25) is 0 Å². The number of piperidine rings is 1. The van der Waals surface area contributed by atoms with Crippen LogP contribution in [-0.2, 0) is 16.3 Å². The van der Waals surface area contributed by atoms with Gasteiger partial charge < -0.3 is 24.7 Å². The molecule has 13 heteroatoms. The van der Waals surface area contributed by atoms with Gasteiger partial charge in [0, 0.05) is 31.6 Å². The van der Waals surface area contributed by atoms with E-state index in [4.69, 9.17) is 4.74 Å². The number of alkyl halides is 4. The summed E-state index contributed by atoms with van der Waals surface area (Å²) in [6.07, 6.45) is -3.77. The third kappa shape index (κ3) is 6.93. The highest BCUT2D eigenvalue weighted by Crippen LogP contribution is 2.29.